The van der Waals surface area contributed by atoms with Gasteiger partial charge in [0.2, 0.25) is 0 Å². The number of hydrogen-bond acceptors (Lipinski definition) is 5. The second-order valence-corrected chi connectivity index (χ2v) is 7.44. The molecule has 158 valence electrons. The van der Waals surface area contributed by atoms with Crippen molar-refractivity contribution in [1.82, 2.24) is 5.32 Å². The van der Waals surface area contributed by atoms with Crippen LogP contribution in [0.3, 0.4) is 0 Å². The van der Waals surface area contributed by atoms with Gasteiger partial charge >= 0.3 is 0 Å². The van der Waals surface area contributed by atoms with E-state index in [1.54, 1.807) is 0 Å². The van der Waals surface area contributed by atoms with Gasteiger partial charge in [-0.05, 0) is 61.9 Å². The van der Waals surface area contributed by atoms with Crippen molar-refractivity contribution >= 4 is 6.79 Å². The van der Waals surface area contributed by atoms with Crippen molar-refractivity contribution in [2.24, 2.45) is 11.7 Å². The Labute approximate surface area is 174 Å². The molecule has 0 radical (unpaired) electrons. The van der Waals surface area contributed by atoms with Gasteiger partial charge in [-0.3, -0.25) is 0 Å². The molecule has 2 aromatic rings. The Morgan fingerprint density at radius 2 is 1.59 bits per heavy atom. The number of carbonyl (C=O) groups excluding carboxylic acids is 1. The fourth-order valence-corrected chi connectivity index (χ4v) is 3.76. The number of hydrogen-bond donors (Lipinski definition) is 2. The van der Waals surface area contributed by atoms with Crippen LogP contribution in [0.5, 0.6) is 11.5 Å². The maximum Gasteiger partial charge on any atom is 0.162 e. The van der Waals surface area contributed by atoms with Gasteiger partial charge < -0.3 is 25.3 Å². The zero-order chi connectivity index (χ0) is 21.1. The summed E-state index contributed by atoms with van der Waals surface area (Å²) in [6.45, 7) is 5.88. The van der Waals surface area contributed by atoms with Crippen molar-refractivity contribution in [3.63, 3.8) is 0 Å². The smallest absolute Gasteiger partial charge is 0.162 e. The summed E-state index contributed by atoms with van der Waals surface area (Å²) >= 11 is 0. The highest BCUT2D eigenvalue weighted by Crippen LogP contribution is 2.35. The lowest BCUT2D eigenvalue weighted by atomic mass is 9.87. The molecule has 4 rings (SSSR count). The Morgan fingerprint density at radius 1 is 0.966 bits per heavy atom. The normalized spacial score (nSPS) is 22.4. The summed E-state index contributed by atoms with van der Waals surface area (Å²) in [5.74, 6) is 2.57. The van der Waals surface area contributed by atoms with Gasteiger partial charge in [-0.15, -0.1) is 0 Å². The minimum Gasteiger partial charge on any atom is -0.485 e. The van der Waals surface area contributed by atoms with Crippen LogP contribution in [0.1, 0.15) is 49.8 Å². The van der Waals surface area contributed by atoms with Crippen molar-refractivity contribution in [1.29, 1.82) is 0 Å². The van der Waals surface area contributed by atoms with Crippen LogP contribution in [0.2, 0.25) is 0 Å². The Morgan fingerprint density at radius 3 is 2.24 bits per heavy atom. The van der Waals surface area contributed by atoms with E-state index in [4.69, 9.17) is 14.3 Å². The minimum absolute atomic E-state index is 0.0308. The van der Waals surface area contributed by atoms with E-state index in [9.17, 15) is 0 Å². The molecule has 2 aliphatic rings. The highest BCUT2D eigenvalue weighted by Gasteiger charge is 2.22. The Hall–Kier alpha value is -2.37. The predicted molar refractivity (Wildman–Crippen MR) is 117 cm³/mol. The monoisotopic (exact) mass is 398 g/mol. The molecule has 1 aliphatic carbocycles. The fourth-order valence-electron chi connectivity index (χ4n) is 3.76. The van der Waals surface area contributed by atoms with Crippen LogP contribution < -0.4 is 20.5 Å². The van der Waals surface area contributed by atoms with Crippen LogP contribution in [0.15, 0.2) is 48.5 Å². The lowest BCUT2D eigenvalue weighted by Crippen LogP contribution is -2.32. The molecule has 5 nitrogen and oxygen atoms in total. The number of nitrogens with two attached hydrogens (primary N) is 1. The van der Waals surface area contributed by atoms with Crippen LogP contribution in [0, 0.1) is 5.92 Å². The van der Waals surface area contributed by atoms with Crippen molar-refractivity contribution in [3.05, 3.63) is 59.7 Å². The van der Waals surface area contributed by atoms with Crippen LogP contribution in [0.25, 0.3) is 0 Å². The molecule has 2 aromatic carbocycles. The maximum atomic E-state index is 8.00. The topological polar surface area (TPSA) is 73.6 Å². The SMILES string of the molecule is C=O.CC1CCC(NCc2ccc([C@H]3COc4ccccc4O3)cc2)CC1.CN. The summed E-state index contributed by atoms with van der Waals surface area (Å²) in [5.41, 5.74) is 7.00. The van der Waals surface area contributed by atoms with Crippen molar-refractivity contribution in [3.8, 4) is 11.5 Å². The number of benzene rings is 2. The van der Waals surface area contributed by atoms with E-state index in [0.29, 0.717) is 12.6 Å². The molecule has 1 heterocycles. The van der Waals surface area contributed by atoms with E-state index in [-0.39, 0.29) is 6.10 Å². The van der Waals surface area contributed by atoms with E-state index < -0.39 is 0 Å². The van der Waals surface area contributed by atoms with Gasteiger partial charge in [0, 0.05) is 12.6 Å². The largest absolute Gasteiger partial charge is 0.485 e. The molecular weight excluding hydrogens is 364 g/mol. The molecule has 1 fully saturated rings. The molecule has 1 aliphatic heterocycles. The third kappa shape index (κ3) is 6.58. The zero-order valence-corrected chi connectivity index (χ0v) is 17.6. The van der Waals surface area contributed by atoms with Crippen molar-refractivity contribution in [2.75, 3.05) is 13.7 Å². The van der Waals surface area contributed by atoms with E-state index in [1.165, 1.54) is 43.9 Å². The first-order chi connectivity index (χ1) is 14.3. The van der Waals surface area contributed by atoms with Crippen LogP contribution in [0.4, 0.5) is 0 Å². The lowest BCUT2D eigenvalue weighted by Gasteiger charge is -2.27. The van der Waals surface area contributed by atoms with Crippen molar-refractivity contribution in [2.45, 2.75) is 51.3 Å². The second-order valence-electron chi connectivity index (χ2n) is 7.44. The molecule has 0 saturated heterocycles. The van der Waals surface area contributed by atoms with Crippen molar-refractivity contribution < 1.29 is 14.3 Å². The molecule has 1 saturated carbocycles. The first kappa shape index (κ1) is 22.9. The summed E-state index contributed by atoms with van der Waals surface area (Å²) in [5, 5.41) is 3.71. The Balaban J connectivity index is 0.000000707. The lowest BCUT2D eigenvalue weighted by molar-refractivity contribution is -0.0979. The Bertz CT molecular complexity index is 712. The van der Waals surface area contributed by atoms with E-state index in [2.05, 4.69) is 42.2 Å². The third-order valence-electron chi connectivity index (χ3n) is 5.47. The molecule has 5 heteroatoms. The minimum atomic E-state index is -0.0308. The highest BCUT2D eigenvalue weighted by atomic mass is 16.6. The number of para-hydroxylation sites is 2. The molecule has 0 bridgehead atoms. The Kier molecular flexibility index (Phi) is 9.68. The number of ether oxygens (including phenoxy) is 2. The van der Waals surface area contributed by atoms with Gasteiger partial charge in [-0.25, -0.2) is 0 Å². The average molecular weight is 399 g/mol. The summed E-state index contributed by atoms with van der Waals surface area (Å²) in [6, 6.07) is 17.3. The number of fused-ring (bicyclic) bond motifs is 1. The van der Waals surface area contributed by atoms with Gasteiger partial charge in [-0.2, -0.15) is 0 Å². The van der Waals surface area contributed by atoms with E-state index in [1.807, 2.05) is 31.1 Å². The quantitative estimate of drug-likeness (QED) is 0.805. The van der Waals surface area contributed by atoms with Gasteiger partial charge in [0.05, 0.1) is 0 Å². The first-order valence-electron chi connectivity index (χ1n) is 10.4. The maximum absolute atomic E-state index is 8.00. The van der Waals surface area contributed by atoms with E-state index in [0.717, 1.165) is 24.0 Å². The van der Waals surface area contributed by atoms with Gasteiger partial charge in [0.1, 0.15) is 13.4 Å². The molecule has 0 amide bonds. The molecule has 0 aromatic heterocycles. The average Bonchev–Trinajstić information content (AvgIpc) is 2.81. The number of nitrogens with one attached hydrogen (secondary N) is 1. The second kappa shape index (κ2) is 12.2. The summed E-state index contributed by atoms with van der Waals surface area (Å²) in [4.78, 5) is 8.00. The fraction of sp³-hybridized carbons (Fsp3) is 0.458. The molecular formula is C24H34N2O3. The van der Waals surface area contributed by atoms with Crippen LogP contribution >= 0.6 is 0 Å². The van der Waals surface area contributed by atoms with Gasteiger partial charge in [0.25, 0.3) is 0 Å². The summed E-state index contributed by atoms with van der Waals surface area (Å²) < 4.78 is 11.9. The summed E-state index contributed by atoms with van der Waals surface area (Å²) in [7, 11) is 1.50. The highest BCUT2D eigenvalue weighted by molar-refractivity contribution is 5.41. The molecule has 0 unspecified atom stereocenters. The van der Waals surface area contributed by atoms with Crippen LogP contribution in [-0.2, 0) is 11.3 Å². The van der Waals surface area contributed by atoms with E-state index >= 15 is 0 Å². The van der Waals surface area contributed by atoms with Crippen LogP contribution in [-0.4, -0.2) is 26.5 Å². The predicted octanol–water partition coefficient (Wildman–Crippen LogP) is 4.26. The third-order valence-corrected chi connectivity index (χ3v) is 5.47. The number of rotatable bonds is 4. The summed E-state index contributed by atoms with van der Waals surface area (Å²) in [6.07, 6.45) is 5.31. The standard InChI is InChI=1S/C22H27NO2.CH5N.CH2O/c1-16-6-12-19(13-7-16)23-14-17-8-10-18(11-9-17)22-15-24-20-4-2-3-5-21(20)25-22;2*1-2/h2-5,8-11,16,19,22-23H,6-7,12-15H2,1H3;2H2,1H3;1H2/t16?,19?,22-;;/m1../s1. The van der Waals surface area contributed by atoms with Gasteiger partial charge in [0.15, 0.2) is 17.6 Å². The number of carbonyl (C=O) groups is 1. The molecule has 3 N–H and O–H groups in total. The molecule has 29 heavy (non-hydrogen) atoms. The molecule has 1 atom stereocenters. The first-order valence-corrected chi connectivity index (χ1v) is 10.4. The van der Waals surface area contributed by atoms with Gasteiger partial charge in [-0.1, -0.05) is 43.3 Å². The molecule has 0 spiro atoms. The zero-order valence-electron chi connectivity index (χ0n) is 17.6.